The van der Waals surface area contributed by atoms with Crippen LogP contribution in [0.15, 0.2) is 18.2 Å². The molecule has 0 atom stereocenters. The number of methoxy groups -OCH3 is 1. The molecule has 6 heteroatoms. The first-order chi connectivity index (χ1) is 8.08. The van der Waals surface area contributed by atoms with E-state index < -0.39 is 17.7 Å². The van der Waals surface area contributed by atoms with Gasteiger partial charge in [0.05, 0.1) is 24.4 Å². The van der Waals surface area contributed by atoms with Gasteiger partial charge in [-0.3, -0.25) is 4.79 Å². The largest absolute Gasteiger partial charge is 0.465 e. The van der Waals surface area contributed by atoms with Crippen molar-refractivity contribution in [3.8, 4) is 6.07 Å². The van der Waals surface area contributed by atoms with E-state index in [1.165, 1.54) is 6.07 Å². The van der Waals surface area contributed by atoms with Gasteiger partial charge in [-0.1, -0.05) is 0 Å². The fraction of sp³-hybridized carbons (Fsp3) is 0.182. The molecule has 0 saturated carbocycles. The van der Waals surface area contributed by atoms with Gasteiger partial charge in [0.1, 0.15) is 12.2 Å². The summed E-state index contributed by atoms with van der Waals surface area (Å²) in [5.74, 6) is -1.97. The molecule has 0 aliphatic rings. The Labute approximate surface area is 96.8 Å². The summed E-state index contributed by atoms with van der Waals surface area (Å²) < 4.78 is 17.4. The number of nitriles is 1. The van der Waals surface area contributed by atoms with E-state index in [4.69, 9.17) is 5.26 Å². The van der Waals surface area contributed by atoms with Crippen molar-refractivity contribution in [2.75, 3.05) is 12.4 Å². The SMILES string of the molecule is COC(=O)c1cc(F)ccc1NC(=O)CC#N. The molecule has 0 heterocycles. The molecule has 0 unspecified atom stereocenters. The van der Waals surface area contributed by atoms with Gasteiger partial charge in [0.25, 0.3) is 0 Å². The minimum atomic E-state index is -0.767. The number of benzene rings is 1. The second-order valence-corrected chi connectivity index (χ2v) is 3.06. The maximum absolute atomic E-state index is 13.0. The summed E-state index contributed by atoms with van der Waals surface area (Å²) in [7, 11) is 1.15. The van der Waals surface area contributed by atoms with Gasteiger partial charge in [-0.05, 0) is 18.2 Å². The predicted molar refractivity (Wildman–Crippen MR) is 56.6 cm³/mol. The molecular weight excluding hydrogens is 227 g/mol. The molecular formula is C11H9FN2O3. The summed E-state index contributed by atoms with van der Waals surface area (Å²) in [5.41, 5.74) is 0.0114. The lowest BCUT2D eigenvalue weighted by atomic mass is 10.1. The molecule has 0 radical (unpaired) electrons. The smallest absolute Gasteiger partial charge is 0.340 e. The first-order valence-corrected chi connectivity index (χ1v) is 4.63. The number of hydrogen-bond acceptors (Lipinski definition) is 4. The van der Waals surface area contributed by atoms with Crippen LogP contribution >= 0.6 is 0 Å². The average molecular weight is 236 g/mol. The molecule has 1 N–H and O–H groups in total. The van der Waals surface area contributed by atoms with Crippen LogP contribution in [0.1, 0.15) is 16.8 Å². The Hall–Kier alpha value is -2.42. The lowest BCUT2D eigenvalue weighted by Crippen LogP contribution is -2.14. The zero-order chi connectivity index (χ0) is 12.8. The molecule has 1 rings (SSSR count). The topological polar surface area (TPSA) is 79.2 Å². The van der Waals surface area contributed by atoms with Crippen molar-refractivity contribution >= 4 is 17.6 Å². The number of rotatable bonds is 3. The van der Waals surface area contributed by atoms with E-state index >= 15 is 0 Å². The Morgan fingerprint density at radius 2 is 2.24 bits per heavy atom. The second kappa shape index (κ2) is 5.61. The third-order valence-corrected chi connectivity index (χ3v) is 1.90. The summed E-state index contributed by atoms with van der Waals surface area (Å²) in [6, 6.07) is 4.94. The molecule has 0 spiro atoms. The van der Waals surface area contributed by atoms with Crippen molar-refractivity contribution in [2.45, 2.75) is 6.42 Å². The van der Waals surface area contributed by atoms with Crippen LogP contribution < -0.4 is 5.32 Å². The van der Waals surface area contributed by atoms with E-state index in [1.807, 2.05) is 0 Å². The van der Waals surface area contributed by atoms with E-state index in [9.17, 15) is 14.0 Å². The number of nitrogens with zero attached hydrogens (tertiary/aromatic N) is 1. The Balaban J connectivity index is 3.03. The number of amides is 1. The van der Waals surface area contributed by atoms with Crippen molar-refractivity contribution in [1.82, 2.24) is 0 Å². The number of halogens is 1. The number of esters is 1. The van der Waals surface area contributed by atoms with E-state index in [1.54, 1.807) is 6.07 Å². The molecule has 0 saturated heterocycles. The molecule has 5 nitrogen and oxygen atoms in total. The van der Waals surface area contributed by atoms with E-state index in [0.717, 1.165) is 19.2 Å². The third-order valence-electron chi connectivity index (χ3n) is 1.90. The first kappa shape index (κ1) is 12.6. The van der Waals surface area contributed by atoms with Gasteiger partial charge in [0, 0.05) is 0 Å². The summed E-state index contributed by atoms with van der Waals surface area (Å²) in [6.07, 6.45) is -0.349. The highest BCUT2D eigenvalue weighted by Crippen LogP contribution is 2.18. The Bertz CT molecular complexity index is 494. The van der Waals surface area contributed by atoms with Crippen molar-refractivity contribution in [3.05, 3.63) is 29.6 Å². The van der Waals surface area contributed by atoms with Gasteiger partial charge >= 0.3 is 5.97 Å². The van der Waals surface area contributed by atoms with Crippen LogP contribution in [0.25, 0.3) is 0 Å². The zero-order valence-electron chi connectivity index (χ0n) is 8.99. The van der Waals surface area contributed by atoms with Crippen LogP contribution in [-0.2, 0) is 9.53 Å². The van der Waals surface area contributed by atoms with Gasteiger partial charge in [0.15, 0.2) is 0 Å². The minimum Gasteiger partial charge on any atom is -0.465 e. The highest BCUT2D eigenvalue weighted by molar-refractivity contribution is 6.01. The lowest BCUT2D eigenvalue weighted by Gasteiger charge is -2.08. The maximum atomic E-state index is 13.0. The normalized spacial score (nSPS) is 9.24. The number of anilines is 1. The zero-order valence-corrected chi connectivity index (χ0v) is 8.99. The summed E-state index contributed by atoms with van der Waals surface area (Å²) in [6.45, 7) is 0. The number of nitrogens with one attached hydrogen (secondary N) is 1. The van der Waals surface area contributed by atoms with Gasteiger partial charge in [0.2, 0.25) is 5.91 Å². The predicted octanol–water partition coefficient (Wildman–Crippen LogP) is 1.46. The molecule has 1 aromatic rings. The highest BCUT2D eigenvalue weighted by Gasteiger charge is 2.14. The van der Waals surface area contributed by atoms with Crippen molar-refractivity contribution in [3.63, 3.8) is 0 Å². The quantitative estimate of drug-likeness (QED) is 0.806. The van der Waals surface area contributed by atoms with Crippen molar-refractivity contribution in [2.24, 2.45) is 0 Å². The van der Waals surface area contributed by atoms with Crippen molar-refractivity contribution in [1.29, 1.82) is 5.26 Å². The molecule has 88 valence electrons. The Kier molecular flexibility index (Phi) is 4.17. The monoisotopic (exact) mass is 236 g/mol. The van der Waals surface area contributed by atoms with Gasteiger partial charge in [-0.2, -0.15) is 5.26 Å². The molecule has 0 aliphatic carbocycles. The third kappa shape index (κ3) is 3.28. The maximum Gasteiger partial charge on any atom is 0.340 e. The number of ether oxygens (including phenoxy) is 1. The number of carbonyl (C=O) groups is 2. The van der Waals surface area contributed by atoms with Gasteiger partial charge in [-0.25, -0.2) is 9.18 Å². The fourth-order valence-corrected chi connectivity index (χ4v) is 1.17. The minimum absolute atomic E-state index is 0.0983. The van der Waals surface area contributed by atoms with Gasteiger partial charge < -0.3 is 10.1 Å². The van der Waals surface area contributed by atoms with Crippen LogP contribution in [0, 0.1) is 17.1 Å². The summed E-state index contributed by atoms with van der Waals surface area (Å²) in [5, 5.41) is 10.6. The second-order valence-electron chi connectivity index (χ2n) is 3.06. The highest BCUT2D eigenvalue weighted by atomic mass is 19.1. The van der Waals surface area contributed by atoms with Crippen LogP contribution in [-0.4, -0.2) is 19.0 Å². The Morgan fingerprint density at radius 3 is 2.82 bits per heavy atom. The molecule has 0 aromatic heterocycles. The molecule has 0 bridgehead atoms. The summed E-state index contributed by atoms with van der Waals surface area (Å²) in [4.78, 5) is 22.5. The molecule has 1 aromatic carbocycles. The summed E-state index contributed by atoms with van der Waals surface area (Å²) >= 11 is 0. The molecule has 17 heavy (non-hydrogen) atoms. The van der Waals surface area contributed by atoms with E-state index in [-0.39, 0.29) is 17.7 Å². The van der Waals surface area contributed by atoms with Crippen LogP contribution in [0.4, 0.5) is 10.1 Å². The molecule has 0 fully saturated rings. The lowest BCUT2D eigenvalue weighted by molar-refractivity contribution is -0.115. The molecule has 0 aliphatic heterocycles. The van der Waals surface area contributed by atoms with Crippen LogP contribution in [0.5, 0.6) is 0 Å². The van der Waals surface area contributed by atoms with E-state index in [2.05, 4.69) is 10.1 Å². The van der Waals surface area contributed by atoms with Crippen LogP contribution in [0.2, 0.25) is 0 Å². The Morgan fingerprint density at radius 1 is 1.53 bits per heavy atom. The standard InChI is InChI=1S/C11H9FN2O3/c1-17-11(16)8-6-7(12)2-3-9(8)14-10(15)4-5-13/h2-3,6H,4H2,1H3,(H,14,15). The molecule has 1 amide bonds. The van der Waals surface area contributed by atoms with Crippen LogP contribution in [0.3, 0.4) is 0 Å². The van der Waals surface area contributed by atoms with Gasteiger partial charge in [-0.15, -0.1) is 0 Å². The van der Waals surface area contributed by atoms with Crippen molar-refractivity contribution < 1.29 is 18.7 Å². The van der Waals surface area contributed by atoms with E-state index in [0.29, 0.717) is 0 Å². The number of carbonyl (C=O) groups excluding carboxylic acids is 2. The average Bonchev–Trinajstić information content (AvgIpc) is 2.30. The first-order valence-electron chi connectivity index (χ1n) is 4.63. The fourth-order valence-electron chi connectivity index (χ4n) is 1.17. The number of hydrogen-bond donors (Lipinski definition) is 1.